The van der Waals surface area contributed by atoms with Crippen LogP contribution in [0.4, 0.5) is 0 Å². The summed E-state index contributed by atoms with van der Waals surface area (Å²) in [6.07, 6.45) is 0.722. The fourth-order valence-electron chi connectivity index (χ4n) is 0.575. The van der Waals surface area contributed by atoms with Crippen molar-refractivity contribution in [3.05, 3.63) is 12.2 Å². The zero-order chi connectivity index (χ0) is 14.6. The van der Waals surface area contributed by atoms with Gasteiger partial charge >= 0.3 is 0 Å². The lowest BCUT2D eigenvalue weighted by atomic mass is 10.1. The molecule has 0 aliphatic carbocycles. The number of hydrogen-bond donors (Lipinski definition) is 1. The number of amides is 1. The van der Waals surface area contributed by atoms with Crippen molar-refractivity contribution in [1.29, 1.82) is 0 Å². The van der Waals surface area contributed by atoms with E-state index in [2.05, 4.69) is 6.58 Å². The van der Waals surface area contributed by atoms with Gasteiger partial charge in [0.2, 0.25) is 5.91 Å². The Hall–Kier alpha value is -1.45. The summed E-state index contributed by atoms with van der Waals surface area (Å²) in [6.45, 7) is 13.6. The highest BCUT2D eigenvalue weighted by Gasteiger charge is 1.95. The molecule has 4 heteroatoms. The van der Waals surface area contributed by atoms with E-state index in [1.165, 1.54) is 13.8 Å². The average Bonchev–Trinajstić information content (AvgIpc) is 2.00. The van der Waals surface area contributed by atoms with Crippen molar-refractivity contribution >= 4 is 17.5 Å². The molecule has 0 aliphatic rings. The van der Waals surface area contributed by atoms with E-state index in [-0.39, 0.29) is 11.6 Å². The fraction of sp³-hybridized carbons (Fsp3) is 0.615. The lowest BCUT2D eigenvalue weighted by molar-refractivity contribution is -0.118. The summed E-state index contributed by atoms with van der Waals surface area (Å²) < 4.78 is 0. The van der Waals surface area contributed by atoms with Gasteiger partial charge in [-0.05, 0) is 33.6 Å². The Kier molecular flexibility index (Phi) is 15.5. The Morgan fingerprint density at radius 3 is 1.29 bits per heavy atom. The molecule has 17 heavy (non-hydrogen) atoms. The van der Waals surface area contributed by atoms with Crippen molar-refractivity contribution in [3.63, 3.8) is 0 Å². The third-order valence-electron chi connectivity index (χ3n) is 1.12. The molecule has 1 amide bonds. The minimum atomic E-state index is -0.435. The van der Waals surface area contributed by atoms with Crippen LogP contribution in [0.5, 0.6) is 0 Å². The van der Waals surface area contributed by atoms with Crippen LogP contribution in [-0.2, 0) is 14.4 Å². The predicted molar refractivity (Wildman–Crippen MR) is 70.5 cm³/mol. The zero-order valence-electron chi connectivity index (χ0n) is 11.8. The number of carbonyl (C=O) groups is 3. The second-order valence-corrected chi connectivity index (χ2v) is 4.35. The highest BCUT2D eigenvalue weighted by atomic mass is 16.1. The molecule has 0 atom stereocenters. The summed E-state index contributed by atoms with van der Waals surface area (Å²) in [7, 11) is 0. The molecule has 0 aromatic heterocycles. The van der Waals surface area contributed by atoms with Crippen LogP contribution in [0.15, 0.2) is 12.2 Å². The molecule has 0 aromatic carbocycles. The summed E-state index contributed by atoms with van der Waals surface area (Å²) in [5.74, 6) is 0.544. The number of primary amides is 1. The summed E-state index contributed by atoms with van der Waals surface area (Å²) in [4.78, 5) is 29.5. The van der Waals surface area contributed by atoms with Gasteiger partial charge in [-0.25, -0.2) is 0 Å². The van der Waals surface area contributed by atoms with Crippen LogP contribution in [0, 0.1) is 5.92 Å². The molecule has 0 aliphatic heterocycles. The molecule has 0 spiro atoms. The molecule has 0 rings (SSSR count). The normalized spacial score (nSPS) is 8.18. The van der Waals surface area contributed by atoms with Crippen LogP contribution >= 0.6 is 0 Å². The second kappa shape index (κ2) is 12.6. The Bertz CT molecular complexity index is 252. The van der Waals surface area contributed by atoms with Gasteiger partial charge in [-0.2, -0.15) is 0 Å². The van der Waals surface area contributed by atoms with Gasteiger partial charge in [0, 0.05) is 12.0 Å². The lowest BCUT2D eigenvalue weighted by Gasteiger charge is -1.95. The summed E-state index contributed by atoms with van der Waals surface area (Å²) >= 11 is 0. The quantitative estimate of drug-likeness (QED) is 0.772. The van der Waals surface area contributed by atoms with Gasteiger partial charge in [0.05, 0.1) is 0 Å². The smallest absolute Gasteiger partial charge is 0.243 e. The predicted octanol–water partition coefficient (Wildman–Crippen LogP) is 2.26. The standard InChI is InChI=1S/C6H12O.C4H7NO.C3H6O/c1-5(2)4-6(3)7;1-3(2)4(5)6;1-3(2)4/h5H,4H2,1-3H3;1H2,2H3,(H2,5,6);1-2H3. The number of Topliss-reactive ketones (excluding diaryl/α,β-unsaturated/α-hetero) is 2. The zero-order valence-corrected chi connectivity index (χ0v) is 11.8. The molecule has 0 radical (unpaired) electrons. The molecule has 2 N–H and O–H groups in total. The molecular formula is C13H25NO3. The van der Waals surface area contributed by atoms with Crippen molar-refractivity contribution in [2.24, 2.45) is 11.7 Å². The molecule has 0 fully saturated rings. The van der Waals surface area contributed by atoms with E-state index >= 15 is 0 Å². The van der Waals surface area contributed by atoms with Crippen molar-refractivity contribution < 1.29 is 14.4 Å². The highest BCUT2D eigenvalue weighted by molar-refractivity contribution is 5.90. The van der Waals surface area contributed by atoms with Gasteiger partial charge in [0.25, 0.3) is 0 Å². The number of ketones is 2. The number of rotatable bonds is 3. The maximum absolute atomic E-state index is 10.3. The maximum atomic E-state index is 10.3. The molecule has 0 saturated carbocycles. The number of hydrogen-bond acceptors (Lipinski definition) is 3. The van der Waals surface area contributed by atoms with Crippen LogP contribution in [-0.4, -0.2) is 17.5 Å². The van der Waals surface area contributed by atoms with Gasteiger partial charge in [0.1, 0.15) is 11.6 Å². The minimum absolute atomic E-state index is 0.167. The average molecular weight is 243 g/mol. The first-order valence-electron chi connectivity index (χ1n) is 5.42. The van der Waals surface area contributed by atoms with Gasteiger partial charge in [-0.15, -0.1) is 0 Å². The third kappa shape index (κ3) is 53.4. The number of nitrogens with two attached hydrogens (primary N) is 1. The monoisotopic (exact) mass is 243 g/mol. The maximum Gasteiger partial charge on any atom is 0.243 e. The molecule has 0 bridgehead atoms. The fourth-order valence-corrected chi connectivity index (χ4v) is 0.575. The first-order valence-corrected chi connectivity index (χ1v) is 5.42. The van der Waals surface area contributed by atoms with Crippen LogP contribution in [0.2, 0.25) is 0 Å². The molecule has 4 nitrogen and oxygen atoms in total. The Balaban J connectivity index is -0.000000180. The minimum Gasteiger partial charge on any atom is -0.366 e. The van der Waals surface area contributed by atoms with E-state index in [1.54, 1.807) is 13.8 Å². The Morgan fingerprint density at radius 2 is 1.29 bits per heavy atom. The van der Waals surface area contributed by atoms with E-state index in [1.807, 2.05) is 13.8 Å². The molecule has 100 valence electrons. The molecule has 0 aromatic rings. The van der Waals surface area contributed by atoms with Gasteiger partial charge < -0.3 is 15.3 Å². The van der Waals surface area contributed by atoms with Crippen LogP contribution in [0.3, 0.4) is 0 Å². The van der Waals surface area contributed by atoms with Crippen molar-refractivity contribution in [3.8, 4) is 0 Å². The Morgan fingerprint density at radius 1 is 1.06 bits per heavy atom. The first-order chi connectivity index (χ1) is 7.50. The van der Waals surface area contributed by atoms with Gasteiger partial charge in [-0.1, -0.05) is 20.4 Å². The van der Waals surface area contributed by atoms with E-state index in [4.69, 9.17) is 5.73 Å². The van der Waals surface area contributed by atoms with Gasteiger partial charge in [0.15, 0.2) is 0 Å². The topological polar surface area (TPSA) is 77.2 Å². The number of carbonyl (C=O) groups excluding carboxylic acids is 3. The van der Waals surface area contributed by atoms with Crippen molar-refractivity contribution in [2.45, 2.75) is 48.0 Å². The van der Waals surface area contributed by atoms with Gasteiger partial charge in [-0.3, -0.25) is 4.79 Å². The lowest BCUT2D eigenvalue weighted by Crippen LogP contribution is -2.10. The van der Waals surface area contributed by atoms with E-state index < -0.39 is 5.91 Å². The first kappa shape index (κ1) is 20.9. The van der Waals surface area contributed by atoms with Crippen molar-refractivity contribution in [1.82, 2.24) is 0 Å². The summed E-state index contributed by atoms with van der Waals surface area (Å²) in [5, 5.41) is 0. The van der Waals surface area contributed by atoms with E-state index in [9.17, 15) is 14.4 Å². The highest BCUT2D eigenvalue weighted by Crippen LogP contribution is 1.97. The van der Waals surface area contributed by atoms with E-state index in [0.717, 1.165) is 6.42 Å². The Labute approximate surface area is 104 Å². The molecule has 0 unspecified atom stereocenters. The van der Waals surface area contributed by atoms with Crippen LogP contribution < -0.4 is 5.73 Å². The second-order valence-electron chi connectivity index (χ2n) is 4.35. The molecule has 0 saturated heterocycles. The summed E-state index contributed by atoms with van der Waals surface area (Å²) in [6, 6.07) is 0. The third-order valence-corrected chi connectivity index (χ3v) is 1.12. The van der Waals surface area contributed by atoms with E-state index in [0.29, 0.717) is 11.5 Å². The summed E-state index contributed by atoms with van der Waals surface area (Å²) in [5.41, 5.74) is 5.09. The molecule has 0 heterocycles. The van der Waals surface area contributed by atoms with Crippen molar-refractivity contribution in [2.75, 3.05) is 0 Å². The van der Waals surface area contributed by atoms with Crippen LogP contribution in [0.1, 0.15) is 48.0 Å². The SMILES string of the molecule is C=C(C)C(N)=O.CC(=O)CC(C)C.CC(C)=O. The van der Waals surface area contributed by atoms with Crippen LogP contribution in [0.25, 0.3) is 0 Å². The molecular weight excluding hydrogens is 218 g/mol. The largest absolute Gasteiger partial charge is 0.366 e.